The van der Waals surface area contributed by atoms with E-state index in [1.165, 1.54) is 0 Å². The molecule has 1 amide bonds. The number of carbonyl (C=O) groups excluding carboxylic acids is 1. The van der Waals surface area contributed by atoms with Crippen LogP contribution in [0.2, 0.25) is 0 Å². The fourth-order valence-electron chi connectivity index (χ4n) is 2.15. The molecule has 1 atom stereocenters. The molecular weight excluding hydrogens is 216 g/mol. The molecule has 1 aromatic carbocycles. The second-order valence-electron chi connectivity index (χ2n) is 4.10. The summed E-state index contributed by atoms with van der Waals surface area (Å²) in [7, 11) is 1.62. The number of hydrogen-bond acceptors (Lipinski definition) is 3. The van der Waals surface area contributed by atoms with Gasteiger partial charge in [0.25, 0.3) is 0 Å². The zero-order chi connectivity index (χ0) is 12.3. The van der Waals surface area contributed by atoms with Crippen molar-refractivity contribution in [1.29, 1.82) is 5.26 Å². The van der Waals surface area contributed by atoms with Crippen LogP contribution in [-0.4, -0.2) is 13.0 Å². The summed E-state index contributed by atoms with van der Waals surface area (Å²) in [6.07, 6.45) is 1.63. The number of nitrogens with one attached hydrogen (secondary N) is 1. The van der Waals surface area contributed by atoms with E-state index in [1.54, 1.807) is 7.11 Å². The normalized spacial score (nSPS) is 17.9. The summed E-state index contributed by atoms with van der Waals surface area (Å²) < 4.78 is 5.18. The van der Waals surface area contributed by atoms with Gasteiger partial charge in [0, 0.05) is 18.5 Å². The van der Waals surface area contributed by atoms with Crippen molar-refractivity contribution < 1.29 is 9.53 Å². The van der Waals surface area contributed by atoms with E-state index in [0.717, 1.165) is 17.0 Å². The molecule has 88 valence electrons. The van der Waals surface area contributed by atoms with Crippen molar-refractivity contribution in [2.45, 2.75) is 25.2 Å². The molecule has 1 aromatic rings. The summed E-state index contributed by atoms with van der Waals surface area (Å²) in [6.45, 7) is 0. The van der Waals surface area contributed by atoms with Crippen LogP contribution >= 0.6 is 0 Å². The van der Waals surface area contributed by atoms with E-state index < -0.39 is 0 Å². The zero-order valence-corrected chi connectivity index (χ0v) is 9.69. The number of fused-ring (bicyclic) bond motifs is 1. The SMILES string of the molecule is COc1ccc2c(c1)C(CCC#N)CC(=O)N2. The number of rotatable bonds is 3. The van der Waals surface area contributed by atoms with Crippen LogP contribution in [0.1, 0.15) is 30.7 Å². The molecule has 4 heteroatoms. The Morgan fingerprint density at radius 3 is 3.12 bits per heavy atom. The minimum atomic E-state index is 0.0191. The van der Waals surface area contributed by atoms with Gasteiger partial charge in [0.2, 0.25) is 5.91 Å². The molecule has 1 aliphatic rings. The molecule has 0 fully saturated rings. The van der Waals surface area contributed by atoms with E-state index in [0.29, 0.717) is 19.3 Å². The van der Waals surface area contributed by atoms with Crippen LogP contribution < -0.4 is 10.1 Å². The number of nitrogens with zero attached hydrogens (tertiary/aromatic N) is 1. The van der Waals surface area contributed by atoms with Gasteiger partial charge >= 0.3 is 0 Å². The number of carbonyl (C=O) groups is 1. The molecule has 17 heavy (non-hydrogen) atoms. The third-order valence-electron chi connectivity index (χ3n) is 3.01. The minimum absolute atomic E-state index is 0.0191. The summed E-state index contributed by atoms with van der Waals surface area (Å²) >= 11 is 0. The Hall–Kier alpha value is -2.02. The summed E-state index contributed by atoms with van der Waals surface area (Å²) in [5.41, 5.74) is 1.91. The largest absolute Gasteiger partial charge is 0.497 e. The summed E-state index contributed by atoms with van der Waals surface area (Å²) in [5.74, 6) is 0.918. The highest BCUT2D eigenvalue weighted by Crippen LogP contribution is 2.37. The monoisotopic (exact) mass is 230 g/mol. The number of benzene rings is 1. The number of ether oxygens (including phenoxy) is 1. The molecule has 2 rings (SSSR count). The lowest BCUT2D eigenvalue weighted by molar-refractivity contribution is -0.116. The Bertz CT molecular complexity index is 477. The van der Waals surface area contributed by atoms with Gasteiger partial charge < -0.3 is 10.1 Å². The van der Waals surface area contributed by atoms with Gasteiger partial charge in [0.05, 0.1) is 13.2 Å². The first-order chi connectivity index (χ1) is 8.24. The molecule has 4 nitrogen and oxygen atoms in total. The fraction of sp³-hybridized carbons (Fsp3) is 0.385. The van der Waals surface area contributed by atoms with Crippen molar-refractivity contribution in [3.63, 3.8) is 0 Å². The van der Waals surface area contributed by atoms with Gasteiger partial charge in [0.1, 0.15) is 5.75 Å². The summed E-state index contributed by atoms with van der Waals surface area (Å²) in [5, 5.41) is 11.5. The van der Waals surface area contributed by atoms with Crippen LogP contribution in [0.5, 0.6) is 5.75 Å². The first kappa shape index (κ1) is 11.5. The van der Waals surface area contributed by atoms with Gasteiger partial charge in [-0.25, -0.2) is 0 Å². The van der Waals surface area contributed by atoms with Gasteiger partial charge in [0.15, 0.2) is 0 Å². The summed E-state index contributed by atoms with van der Waals surface area (Å²) in [4.78, 5) is 11.5. The van der Waals surface area contributed by atoms with Crippen LogP contribution in [0.3, 0.4) is 0 Å². The third kappa shape index (κ3) is 2.39. The smallest absolute Gasteiger partial charge is 0.224 e. The van der Waals surface area contributed by atoms with Crippen molar-refractivity contribution >= 4 is 11.6 Å². The second-order valence-corrected chi connectivity index (χ2v) is 4.10. The fourth-order valence-corrected chi connectivity index (χ4v) is 2.15. The Balaban J connectivity index is 2.32. The van der Waals surface area contributed by atoms with Gasteiger partial charge in [-0.15, -0.1) is 0 Å². The number of amides is 1. The van der Waals surface area contributed by atoms with Gasteiger partial charge in [-0.05, 0) is 36.1 Å². The number of nitriles is 1. The average Bonchev–Trinajstić information content (AvgIpc) is 2.35. The van der Waals surface area contributed by atoms with Crippen molar-refractivity contribution in [2.75, 3.05) is 12.4 Å². The highest BCUT2D eigenvalue weighted by molar-refractivity contribution is 5.94. The highest BCUT2D eigenvalue weighted by atomic mass is 16.5. The predicted molar refractivity (Wildman–Crippen MR) is 63.8 cm³/mol. The number of hydrogen-bond donors (Lipinski definition) is 1. The standard InChI is InChI=1S/C13H14N2O2/c1-17-10-4-5-12-11(8-10)9(3-2-6-14)7-13(16)15-12/h4-5,8-9H,2-3,7H2,1H3,(H,15,16). The van der Waals surface area contributed by atoms with E-state index in [9.17, 15) is 4.79 Å². The van der Waals surface area contributed by atoms with Crippen molar-refractivity contribution in [2.24, 2.45) is 0 Å². The Labute approximate surface area is 100 Å². The maximum atomic E-state index is 11.5. The van der Waals surface area contributed by atoms with Crippen LogP contribution in [0.25, 0.3) is 0 Å². The van der Waals surface area contributed by atoms with Gasteiger partial charge in [-0.3, -0.25) is 4.79 Å². The van der Waals surface area contributed by atoms with Gasteiger partial charge in [-0.1, -0.05) is 0 Å². The lowest BCUT2D eigenvalue weighted by Gasteiger charge is -2.25. The predicted octanol–water partition coefficient (Wildman–Crippen LogP) is 2.42. The van der Waals surface area contributed by atoms with E-state index in [-0.39, 0.29) is 11.8 Å². The molecule has 1 N–H and O–H groups in total. The molecule has 0 saturated heterocycles. The Kier molecular flexibility index (Phi) is 3.29. The molecule has 0 spiro atoms. The molecular formula is C13H14N2O2. The lowest BCUT2D eigenvalue weighted by Crippen LogP contribution is -2.22. The van der Waals surface area contributed by atoms with Gasteiger partial charge in [-0.2, -0.15) is 5.26 Å². The van der Waals surface area contributed by atoms with E-state index >= 15 is 0 Å². The topological polar surface area (TPSA) is 62.1 Å². The first-order valence-corrected chi connectivity index (χ1v) is 5.59. The molecule has 1 unspecified atom stereocenters. The lowest BCUT2D eigenvalue weighted by atomic mass is 9.87. The third-order valence-corrected chi connectivity index (χ3v) is 3.01. The Morgan fingerprint density at radius 2 is 2.41 bits per heavy atom. The number of methoxy groups -OCH3 is 1. The van der Waals surface area contributed by atoms with Crippen molar-refractivity contribution in [3.8, 4) is 11.8 Å². The number of anilines is 1. The van der Waals surface area contributed by atoms with Crippen LogP contribution in [-0.2, 0) is 4.79 Å². The molecule has 0 radical (unpaired) electrons. The van der Waals surface area contributed by atoms with Crippen molar-refractivity contribution in [3.05, 3.63) is 23.8 Å². The zero-order valence-electron chi connectivity index (χ0n) is 9.69. The molecule has 1 aliphatic heterocycles. The molecule has 0 saturated carbocycles. The Morgan fingerprint density at radius 1 is 1.59 bits per heavy atom. The van der Waals surface area contributed by atoms with Crippen LogP contribution in [0.4, 0.5) is 5.69 Å². The van der Waals surface area contributed by atoms with E-state index in [2.05, 4.69) is 11.4 Å². The van der Waals surface area contributed by atoms with Crippen LogP contribution in [0.15, 0.2) is 18.2 Å². The highest BCUT2D eigenvalue weighted by Gasteiger charge is 2.25. The maximum absolute atomic E-state index is 11.5. The first-order valence-electron chi connectivity index (χ1n) is 5.59. The van der Waals surface area contributed by atoms with Crippen molar-refractivity contribution in [1.82, 2.24) is 0 Å². The van der Waals surface area contributed by atoms with E-state index in [1.807, 2.05) is 18.2 Å². The molecule has 0 aliphatic carbocycles. The van der Waals surface area contributed by atoms with E-state index in [4.69, 9.17) is 10.00 Å². The maximum Gasteiger partial charge on any atom is 0.224 e. The average molecular weight is 230 g/mol. The molecule has 0 aromatic heterocycles. The second kappa shape index (κ2) is 4.88. The summed E-state index contributed by atoms with van der Waals surface area (Å²) in [6, 6.07) is 7.74. The minimum Gasteiger partial charge on any atom is -0.497 e. The molecule has 1 heterocycles. The van der Waals surface area contributed by atoms with Crippen LogP contribution in [0, 0.1) is 11.3 Å². The molecule has 0 bridgehead atoms. The quantitative estimate of drug-likeness (QED) is 0.867.